The predicted octanol–water partition coefficient (Wildman–Crippen LogP) is 4.93. The highest BCUT2D eigenvalue weighted by atomic mass is 16.3. The van der Waals surface area contributed by atoms with E-state index in [0.29, 0.717) is 0 Å². The zero-order valence-corrected chi connectivity index (χ0v) is 17.2. The van der Waals surface area contributed by atoms with Gasteiger partial charge in [0, 0.05) is 13.1 Å². The SMILES string of the molecule is CCCCCCCCN(C)CC(O)CN(C)CCCCCCCC. The number of hydrogen-bond donors (Lipinski definition) is 1. The van der Waals surface area contributed by atoms with Crippen molar-refractivity contribution in [3.8, 4) is 0 Å². The van der Waals surface area contributed by atoms with Crippen molar-refractivity contribution in [2.45, 2.75) is 97.0 Å². The lowest BCUT2D eigenvalue weighted by Gasteiger charge is -2.24. The molecule has 0 aromatic heterocycles. The minimum absolute atomic E-state index is 0.222. The zero-order chi connectivity index (χ0) is 18.0. The van der Waals surface area contributed by atoms with Crippen molar-refractivity contribution >= 4 is 0 Å². The summed E-state index contributed by atoms with van der Waals surface area (Å²) < 4.78 is 0. The molecule has 0 aliphatic rings. The highest BCUT2D eigenvalue weighted by Crippen LogP contribution is 2.07. The number of aliphatic hydroxyl groups excluding tert-OH is 1. The molecule has 3 heteroatoms. The summed E-state index contributed by atoms with van der Waals surface area (Å²) in [7, 11) is 4.28. The number of unbranched alkanes of at least 4 members (excludes halogenated alkanes) is 10. The summed E-state index contributed by atoms with van der Waals surface area (Å²) in [5, 5.41) is 10.3. The second-order valence-electron chi connectivity index (χ2n) is 7.71. The topological polar surface area (TPSA) is 26.7 Å². The number of nitrogens with zero attached hydrogens (tertiary/aromatic N) is 2. The van der Waals surface area contributed by atoms with Crippen molar-refractivity contribution in [1.29, 1.82) is 0 Å². The van der Waals surface area contributed by atoms with Crippen LogP contribution in [0.5, 0.6) is 0 Å². The van der Waals surface area contributed by atoms with Crippen molar-refractivity contribution in [2.24, 2.45) is 0 Å². The van der Waals surface area contributed by atoms with Gasteiger partial charge in [-0.05, 0) is 40.0 Å². The van der Waals surface area contributed by atoms with Gasteiger partial charge in [-0.15, -0.1) is 0 Å². The first-order valence-corrected chi connectivity index (χ1v) is 10.6. The van der Waals surface area contributed by atoms with Crippen LogP contribution in [0, 0.1) is 0 Å². The van der Waals surface area contributed by atoms with Gasteiger partial charge < -0.3 is 14.9 Å². The van der Waals surface area contributed by atoms with Crippen molar-refractivity contribution in [3.05, 3.63) is 0 Å². The highest BCUT2D eigenvalue weighted by molar-refractivity contribution is 4.66. The molecule has 146 valence electrons. The monoisotopic (exact) mass is 342 g/mol. The Morgan fingerprint density at radius 1 is 0.583 bits per heavy atom. The molecule has 24 heavy (non-hydrogen) atoms. The minimum Gasteiger partial charge on any atom is -0.390 e. The van der Waals surface area contributed by atoms with E-state index in [1.165, 1.54) is 77.0 Å². The van der Waals surface area contributed by atoms with Gasteiger partial charge in [0.25, 0.3) is 0 Å². The van der Waals surface area contributed by atoms with Crippen LogP contribution < -0.4 is 0 Å². The molecule has 0 aliphatic carbocycles. The fourth-order valence-electron chi connectivity index (χ4n) is 3.28. The van der Waals surface area contributed by atoms with E-state index in [9.17, 15) is 5.11 Å². The fourth-order valence-corrected chi connectivity index (χ4v) is 3.28. The molecule has 0 spiro atoms. The third-order valence-corrected chi connectivity index (χ3v) is 4.83. The first-order valence-electron chi connectivity index (χ1n) is 10.6. The van der Waals surface area contributed by atoms with Gasteiger partial charge in [-0.2, -0.15) is 0 Å². The van der Waals surface area contributed by atoms with Crippen LogP contribution in [0.3, 0.4) is 0 Å². The third kappa shape index (κ3) is 16.7. The predicted molar refractivity (Wildman–Crippen MR) is 108 cm³/mol. The maximum atomic E-state index is 10.3. The number of likely N-dealkylation sites (N-methyl/N-ethyl adjacent to an activating group) is 2. The van der Waals surface area contributed by atoms with Crippen LogP contribution in [-0.2, 0) is 0 Å². The molecule has 0 fully saturated rings. The molecule has 0 saturated carbocycles. The van der Waals surface area contributed by atoms with Crippen LogP contribution in [0.1, 0.15) is 90.9 Å². The summed E-state index contributed by atoms with van der Waals surface area (Å²) in [6.07, 6.45) is 15.8. The summed E-state index contributed by atoms with van der Waals surface area (Å²) in [6, 6.07) is 0. The van der Waals surface area contributed by atoms with Gasteiger partial charge in [-0.1, -0.05) is 78.1 Å². The maximum Gasteiger partial charge on any atom is 0.0793 e. The first kappa shape index (κ1) is 23.9. The zero-order valence-electron chi connectivity index (χ0n) is 17.2. The lowest BCUT2D eigenvalue weighted by molar-refractivity contribution is 0.0899. The Kier molecular flexibility index (Phi) is 17.6. The average molecular weight is 343 g/mol. The minimum atomic E-state index is -0.222. The van der Waals surface area contributed by atoms with Crippen molar-refractivity contribution in [1.82, 2.24) is 9.80 Å². The van der Waals surface area contributed by atoms with E-state index in [4.69, 9.17) is 0 Å². The summed E-state index contributed by atoms with van der Waals surface area (Å²) in [5.41, 5.74) is 0. The lowest BCUT2D eigenvalue weighted by atomic mass is 10.1. The molecule has 0 bridgehead atoms. The molecular formula is C21H46N2O. The van der Waals surface area contributed by atoms with Crippen LogP contribution in [0.4, 0.5) is 0 Å². The Hall–Kier alpha value is -0.120. The fraction of sp³-hybridized carbons (Fsp3) is 1.00. The van der Waals surface area contributed by atoms with Crippen LogP contribution in [0.15, 0.2) is 0 Å². The van der Waals surface area contributed by atoms with Crippen LogP contribution >= 0.6 is 0 Å². The van der Waals surface area contributed by atoms with E-state index in [2.05, 4.69) is 37.7 Å². The molecule has 0 saturated heterocycles. The van der Waals surface area contributed by atoms with E-state index in [1.807, 2.05) is 0 Å². The molecule has 0 unspecified atom stereocenters. The van der Waals surface area contributed by atoms with Crippen molar-refractivity contribution in [2.75, 3.05) is 40.3 Å². The molecule has 0 rings (SSSR count). The molecule has 0 aliphatic heterocycles. The number of rotatable bonds is 18. The molecule has 1 N–H and O–H groups in total. The largest absolute Gasteiger partial charge is 0.390 e. The maximum absolute atomic E-state index is 10.3. The first-order chi connectivity index (χ1) is 11.6. The number of hydrogen-bond acceptors (Lipinski definition) is 3. The Morgan fingerprint density at radius 2 is 0.917 bits per heavy atom. The Morgan fingerprint density at radius 3 is 1.29 bits per heavy atom. The third-order valence-electron chi connectivity index (χ3n) is 4.83. The van der Waals surface area contributed by atoms with Crippen LogP contribution in [-0.4, -0.2) is 61.3 Å². The molecular weight excluding hydrogens is 296 g/mol. The van der Waals surface area contributed by atoms with E-state index >= 15 is 0 Å². The summed E-state index contributed by atoms with van der Waals surface area (Å²) in [6.45, 7) is 8.36. The average Bonchev–Trinajstić information content (AvgIpc) is 2.53. The lowest BCUT2D eigenvalue weighted by Crippen LogP contribution is -2.38. The molecule has 0 atom stereocenters. The van der Waals surface area contributed by atoms with E-state index in [-0.39, 0.29) is 6.10 Å². The quantitative estimate of drug-likeness (QED) is 0.358. The second kappa shape index (κ2) is 17.7. The van der Waals surface area contributed by atoms with Gasteiger partial charge in [0.15, 0.2) is 0 Å². The van der Waals surface area contributed by atoms with Gasteiger partial charge >= 0.3 is 0 Å². The molecule has 0 heterocycles. The van der Waals surface area contributed by atoms with Gasteiger partial charge in [0.1, 0.15) is 0 Å². The van der Waals surface area contributed by atoms with Crippen molar-refractivity contribution in [3.63, 3.8) is 0 Å². The molecule has 0 aromatic rings. The number of aliphatic hydroxyl groups is 1. The Bertz CT molecular complexity index is 224. The molecule has 0 aromatic carbocycles. The van der Waals surface area contributed by atoms with Gasteiger partial charge in [-0.3, -0.25) is 0 Å². The van der Waals surface area contributed by atoms with Crippen LogP contribution in [0.2, 0.25) is 0 Å². The van der Waals surface area contributed by atoms with Crippen LogP contribution in [0.25, 0.3) is 0 Å². The van der Waals surface area contributed by atoms with Gasteiger partial charge in [0.05, 0.1) is 6.10 Å². The molecule has 3 nitrogen and oxygen atoms in total. The van der Waals surface area contributed by atoms with E-state index in [1.54, 1.807) is 0 Å². The summed E-state index contributed by atoms with van der Waals surface area (Å²) in [5.74, 6) is 0. The molecule has 0 amide bonds. The van der Waals surface area contributed by atoms with Gasteiger partial charge in [0.2, 0.25) is 0 Å². The van der Waals surface area contributed by atoms with Crippen molar-refractivity contribution < 1.29 is 5.11 Å². The Labute approximate surface area is 152 Å². The molecule has 0 radical (unpaired) electrons. The highest BCUT2D eigenvalue weighted by Gasteiger charge is 2.10. The normalized spacial score (nSPS) is 12.0. The summed E-state index contributed by atoms with van der Waals surface area (Å²) in [4.78, 5) is 4.59. The van der Waals surface area contributed by atoms with Gasteiger partial charge in [-0.25, -0.2) is 0 Å². The summed E-state index contributed by atoms with van der Waals surface area (Å²) >= 11 is 0. The van der Waals surface area contributed by atoms with E-state index in [0.717, 1.165) is 26.2 Å². The smallest absolute Gasteiger partial charge is 0.0793 e. The standard InChI is InChI=1S/C21H46N2O/c1-5-7-9-11-13-15-17-22(3)19-21(24)20-23(4)18-16-14-12-10-8-6-2/h21,24H,5-20H2,1-4H3. The van der Waals surface area contributed by atoms with E-state index < -0.39 is 0 Å². The Balaban J connectivity index is 3.52. The second-order valence-corrected chi connectivity index (χ2v) is 7.71.